The second-order valence-corrected chi connectivity index (χ2v) is 2.77. The van der Waals surface area contributed by atoms with Crippen molar-refractivity contribution in [3.05, 3.63) is 41.7 Å². The molecule has 0 spiro atoms. The van der Waals surface area contributed by atoms with E-state index in [2.05, 4.69) is 10.3 Å². The zero-order chi connectivity index (χ0) is 9.10. The van der Waals surface area contributed by atoms with Gasteiger partial charge in [-0.1, -0.05) is 12.1 Å². The molecule has 3 nitrogen and oxygen atoms in total. The predicted molar refractivity (Wildman–Crippen MR) is 52.7 cm³/mol. The zero-order valence-corrected chi connectivity index (χ0v) is 7.07. The fourth-order valence-electron chi connectivity index (χ4n) is 1.32. The SMILES string of the molecule is OCc1cccc2c1C=NC=CN2. The smallest absolute Gasteiger partial charge is 0.0689 e. The topological polar surface area (TPSA) is 44.6 Å². The van der Waals surface area contributed by atoms with Gasteiger partial charge in [0.05, 0.1) is 6.61 Å². The zero-order valence-electron chi connectivity index (χ0n) is 7.07. The summed E-state index contributed by atoms with van der Waals surface area (Å²) in [5, 5.41) is 12.2. The molecular formula is C10H10N2O. The van der Waals surface area contributed by atoms with Crippen LogP contribution in [0.3, 0.4) is 0 Å². The van der Waals surface area contributed by atoms with Crippen molar-refractivity contribution < 1.29 is 5.11 Å². The van der Waals surface area contributed by atoms with Crippen molar-refractivity contribution in [3.63, 3.8) is 0 Å². The van der Waals surface area contributed by atoms with Gasteiger partial charge in [0.2, 0.25) is 0 Å². The highest BCUT2D eigenvalue weighted by atomic mass is 16.3. The van der Waals surface area contributed by atoms with Crippen LogP contribution < -0.4 is 5.32 Å². The Bertz CT molecular complexity index is 369. The molecule has 0 saturated carbocycles. The molecule has 0 saturated heterocycles. The van der Waals surface area contributed by atoms with E-state index >= 15 is 0 Å². The highest BCUT2D eigenvalue weighted by Crippen LogP contribution is 2.19. The molecule has 66 valence electrons. The molecule has 13 heavy (non-hydrogen) atoms. The van der Waals surface area contributed by atoms with Crippen LogP contribution in [0.1, 0.15) is 11.1 Å². The lowest BCUT2D eigenvalue weighted by Gasteiger charge is -2.07. The summed E-state index contributed by atoms with van der Waals surface area (Å²) in [5.41, 5.74) is 2.82. The van der Waals surface area contributed by atoms with Gasteiger partial charge in [-0.3, -0.25) is 4.99 Å². The summed E-state index contributed by atoms with van der Waals surface area (Å²) < 4.78 is 0. The Kier molecular flexibility index (Phi) is 2.10. The van der Waals surface area contributed by atoms with Crippen LogP contribution in [0.4, 0.5) is 5.69 Å². The average molecular weight is 174 g/mol. The van der Waals surface area contributed by atoms with Gasteiger partial charge in [0, 0.05) is 29.9 Å². The lowest BCUT2D eigenvalue weighted by atomic mass is 10.1. The molecule has 0 radical (unpaired) electrons. The monoisotopic (exact) mass is 174 g/mol. The average Bonchev–Trinajstić information content (AvgIpc) is 2.41. The molecule has 1 heterocycles. The van der Waals surface area contributed by atoms with Gasteiger partial charge < -0.3 is 10.4 Å². The molecule has 0 atom stereocenters. The largest absolute Gasteiger partial charge is 0.392 e. The minimum absolute atomic E-state index is 0.0386. The Morgan fingerprint density at radius 2 is 2.31 bits per heavy atom. The quantitative estimate of drug-likeness (QED) is 0.677. The number of fused-ring (bicyclic) bond motifs is 1. The summed E-state index contributed by atoms with van der Waals surface area (Å²) in [7, 11) is 0. The normalized spacial score (nSPS) is 13.3. The van der Waals surface area contributed by atoms with E-state index in [9.17, 15) is 0 Å². The van der Waals surface area contributed by atoms with Crippen molar-refractivity contribution >= 4 is 11.9 Å². The maximum Gasteiger partial charge on any atom is 0.0689 e. The van der Waals surface area contributed by atoms with Crippen LogP contribution in [0.25, 0.3) is 0 Å². The third-order valence-corrected chi connectivity index (χ3v) is 1.97. The number of rotatable bonds is 1. The second-order valence-electron chi connectivity index (χ2n) is 2.77. The van der Waals surface area contributed by atoms with Gasteiger partial charge in [-0.15, -0.1) is 0 Å². The fraction of sp³-hybridized carbons (Fsp3) is 0.100. The molecule has 0 unspecified atom stereocenters. The summed E-state index contributed by atoms with van der Waals surface area (Å²) in [6, 6.07) is 5.75. The maximum absolute atomic E-state index is 9.08. The number of anilines is 1. The van der Waals surface area contributed by atoms with E-state index in [1.807, 2.05) is 18.2 Å². The predicted octanol–water partition coefficient (Wildman–Crippen LogP) is 1.49. The number of aliphatic hydroxyl groups is 1. The first-order valence-corrected chi connectivity index (χ1v) is 4.09. The first kappa shape index (κ1) is 8.01. The van der Waals surface area contributed by atoms with Gasteiger partial charge in [-0.25, -0.2) is 0 Å². The molecular weight excluding hydrogens is 164 g/mol. The lowest BCUT2D eigenvalue weighted by Crippen LogP contribution is -1.97. The first-order chi connectivity index (χ1) is 6.42. The van der Waals surface area contributed by atoms with Crippen LogP contribution >= 0.6 is 0 Å². The summed E-state index contributed by atoms with van der Waals surface area (Å²) in [4.78, 5) is 4.04. The Labute approximate surface area is 76.4 Å². The Balaban J connectivity index is 2.55. The molecule has 1 aliphatic heterocycles. The van der Waals surface area contributed by atoms with Crippen LogP contribution in [0, 0.1) is 0 Å². The standard InChI is InChI=1S/C10H10N2O/c13-7-8-2-1-3-10-9(8)6-11-4-5-12-10/h1-6,12-13H,7H2. The molecule has 0 aromatic heterocycles. The number of nitrogens with zero attached hydrogens (tertiary/aromatic N) is 1. The van der Waals surface area contributed by atoms with E-state index in [0.29, 0.717) is 0 Å². The molecule has 0 bridgehead atoms. The van der Waals surface area contributed by atoms with Crippen LogP contribution in [-0.4, -0.2) is 11.3 Å². The summed E-state index contributed by atoms with van der Waals surface area (Å²) in [6.07, 6.45) is 5.20. The van der Waals surface area contributed by atoms with Crippen LogP contribution in [-0.2, 0) is 6.61 Å². The van der Waals surface area contributed by atoms with E-state index < -0.39 is 0 Å². The van der Waals surface area contributed by atoms with E-state index in [1.165, 1.54) is 0 Å². The summed E-state index contributed by atoms with van der Waals surface area (Å²) in [5.74, 6) is 0. The number of nitrogens with one attached hydrogen (secondary N) is 1. The minimum atomic E-state index is 0.0386. The molecule has 0 fully saturated rings. The molecule has 2 rings (SSSR count). The molecule has 0 aliphatic carbocycles. The molecule has 1 aromatic carbocycles. The Morgan fingerprint density at radius 3 is 3.15 bits per heavy atom. The van der Waals surface area contributed by atoms with E-state index in [-0.39, 0.29) is 6.61 Å². The molecule has 3 heteroatoms. The lowest BCUT2D eigenvalue weighted by molar-refractivity contribution is 0.282. The van der Waals surface area contributed by atoms with Crippen LogP contribution in [0.2, 0.25) is 0 Å². The van der Waals surface area contributed by atoms with Crippen molar-refractivity contribution in [2.75, 3.05) is 5.32 Å². The highest BCUT2D eigenvalue weighted by molar-refractivity contribution is 5.90. The third kappa shape index (κ3) is 1.46. The molecule has 0 amide bonds. The van der Waals surface area contributed by atoms with Crippen molar-refractivity contribution in [1.82, 2.24) is 0 Å². The second kappa shape index (κ2) is 3.41. The van der Waals surface area contributed by atoms with Gasteiger partial charge in [-0.05, 0) is 11.6 Å². The molecule has 1 aliphatic rings. The van der Waals surface area contributed by atoms with Gasteiger partial charge >= 0.3 is 0 Å². The van der Waals surface area contributed by atoms with E-state index in [1.54, 1.807) is 18.6 Å². The van der Waals surface area contributed by atoms with Crippen molar-refractivity contribution in [1.29, 1.82) is 0 Å². The number of aliphatic hydroxyl groups excluding tert-OH is 1. The van der Waals surface area contributed by atoms with E-state index in [4.69, 9.17) is 5.11 Å². The minimum Gasteiger partial charge on any atom is -0.392 e. The van der Waals surface area contributed by atoms with Gasteiger partial charge in [0.15, 0.2) is 0 Å². The van der Waals surface area contributed by atoms with Gasteiger partial charge in [0.1, 0.15) is 0 Å². The maximum atomic E-state index is 9.08. The summed E-state index contributed by atoms with van der Waals surface area (Å²) in [6.45, 7) is 0.0386. The van der Waals surface area contributed by atoms with Crippen molar-refractivity contribution in [3.8, 4) is 0 Å². The van der Waals surface area contributed by atoms with E-state index in [0.717, 1.165) is 16.8 Å². The first-order valence-electron chi connectivity index (χ1n) is 4.09. The molecule has 1 aromatic rings. The van der Waals surface area contributed by atoms with Crippen LogP contribution in [0.15, 0.2) is 35.6 Å². The van der Waals surface area contributed by atoms with Gasteiger partial charge in [0.25, 0.3) is 0 Å². The fourth-order valence-corrected chi connectivity index (χ4v) is 1.32. The third-order valence-electron chi connectivity index (χ3n) is 1.97. The van der Waals surface area contributed by atoms with Crippen molar-refractivity contribution in [2.45, 2.75) is 6.61 Å². The number of aliphatic imine (C=N–C) groups is 1. The Morgan fingerprint density at radius 1 is 1.38 bits per heavy atom. The van der Waals surface area contributed by atoms with Crippen LogP contribution in [0.5, 0.6) is 0 Å². The highest BCUT2D eigenvalue weighted by Gasteiger charge is 2.05. The van der Waals surface area contributed by atoms with Gasteiger partial charge in [-0.2, -0.15) is 0 Å². The number of hydrogen-bond donors (Lipinski definition) is 2. The number of hydrogen-bond acceptors (Lipinski definition) is 3. The summed E-state index contributed by atoms with van der Waals surface area (Å²) >= 11 is 0. The molecule has 2 N–H and O–H groups in total. The van der Waals surface area contributed by atoms with Crippen molar-refractivity contribution in [2.24, 2.45) is 4.99 Å². The number of benzene rings is 1. The Hall–Kier alpha value is -1.61.